The minimum atomic E-state index is -3.36. The summed E-state index contributed by atoms with van der Waals surface area (Å²) in [7, 11) is -3.36. The lowest BCUT2D eigenvalue weighted by Crippen LogP contribution is -2.44. The number of anilines is 2. The second-order valence-electron chi connectivity index (χ2n) is 13.6. The van der Waals surface area contributed by atoms with Crippen LogP contribution in [0, 0.1) is 33.1 Å². The summed E-state index contributed by atoms with van der Waals surface area (Å²) in [6.07, 6.45) is 1.03. The van der Waals surface area contributed by atoms with Crippen molar-refractivity contribution >= 4 is 50.1 Å². The second kappa shape index (κ2) is 14.6. The number of sulfone groups is 1. The minimum Gasteiger partial charge on any atom is -0.395 e. The van der Waals surface area contributed by atoms with Gasteiger partial charge >= 0.3 is 0 Å². The van der Waals surface area contributed by atoms with Crippen LogP contribution in [0.5, 0.6) is 0 Å². The number of nitrogens with zero attached hydrogens (tertiary/aromatic N) is 6. The number of aliphatic imine (C=N–C) groups is 1. The van der Waals surface area contributed by atoms with Crippen LogP contribution in [0.25, 0.3) is 11.4 Å². The van der Waals surface area contributed by atoms with Gasteiger partial charge in [0.15, 0.2) is 5.82 Å². The number of aromatic nitrogens is 3. The molecule has 3 N–H and O–H groups in total. The summed E-state index contributed by atoms with van der Waals surface area (Å²) in [6.45, 7) is 18.6. The first-order chi connectivity index (χ1) is 22.9. The summed E-state index contributed by atoms with van der Waals surface area (Å²) in [6, 6.07) is 6.92. The van der Waals surface area contributed by atoms with Crippen LogP contribution in [0.2, 0.25) is 0 Å². The van der Waals surface area contributed by atoms with Crippen molar-refractivity contribution in [3.63, 3.8) is 0 Å². The Morgan fingerprint density at radius 3 is 2.29 bits per heavy atom. The molecule has 4 rings (SSSR count). The third kappa shape index (κ3) is 8.42. The quantitative estimate of drug-likeness (QED) is 0.253. The molecule has 1 atom stereocenters. The highest BCUT2D eigenvalue weighted by atomic mass is 32.2. The number of benzene rings is 2. The van der Waals surface area contributed by atoms with Crippen molar-refractivity contribution in [3.8, 4) is 11.4 Å². The van der Waals surface area contributed by atoms with Crippen molar-refractivity contribution in [2.24, 2.45) is 15.5 Å². The van der Waals surface area contributed by atoms with E-state index in [9.17, 15) is 23.1 Å². The second-order valence-corrected chi connectivity index (χ2v) is 15.9. The molecule has 0 saturated heterocycles. The van der Waals surface area contributed by atoms with Crippen molar-refractivity contribution in [2.45, 2.75) is 74.8 Å². The fourth-order valence-corrected chi connectivity index (χ4v) is 6.65. The van der Waals surface area contributed by atoms with Crippen LogP contribution in [0.1, 0.15) is 69.1 Å². The summed E-state index contributed by atoms with van der Waals surface area (Å²) in [5, 5.41) is 29.1. The molecule has 0 bridgehead atoms. The molecule has 13 nitrogen and oxygen atoms in total. The molecule has 0 radical (unpaired) electrons. The Hall–Kier alpha value is -4.43. The maximum atomic E-state index is 13.4. The van der Waals surface area contributed by atoms with Gasteiger partial charge in [-0.25, -0.2) is 13.4 Å². The van der Waals surface area contributed by atoms with E-state index in [4.69, 9.17) is 10.1 Å². The van der Waals surface area contributed by atoms with Gasteiger partial charge in [0.2, 0.25) is 17.6 Å². The molecule has 2 amide bonds. The Morgan fingerprint density at radius 2 is 1.71 bits per heavy atom. The van der Waals surface area contributed by atoms with E-state index in [1.165, 1.54) is 6.92 Å². The van der Waals surface area contributed by atoms with Crippen LogP contribution in [-0.4, -0.2) is 89.4 Å². The summed E-state index contributed by atoms with van der Waals surface area (Å²) in [5.41, 5.74) is 7.39. The number of rotatable bonds is 12. The van der Waals surface area contributed by atoms with Gasteiger partial charge in [-0.2, -0.15) is 9.78 Å². The van der Waals surface area contributed by atoms with Gasteiger partial charge in [0.1, 0.15) is 21.6 Å². The molecule has 264 valence electrons. The molecule has 49 heavy (non-hydrogen) atoms. The van der Waals surface area contributed by atoms with Gasteiger partial charge in [-0.1, -0.05) is 26.8 Å². The third-order valence-electron chi connectivity index (χ3n) is 8.43. The maximum absolute atomic E-state index is 13.4. The normalized spacial score (nSPS) is 14.4. The van der Waals surface area contributed by atoms with Crippen LogP contribution in [0.15, 0.2) is 34.4 Å². The number of carbonyl (C=O) groups is 2. The van der Waals surface area contributed by atoms with E-state index in [0.29, 0.717) is 29.6 Å². The lowest BCUT2D eigenvalue weighted by Gasteiger charge is -2.23. The van der Waals surface area contributed by atoms with Gasteiger partial charge in [-0.05, 0) is 81.5 Å². The van der Waals surface area contributed by atoms with E-state index in [-0.39, 0.29) is 24.2 Å². The number of amides is 2. The van der Waals surface area contributed by atoms with Crippen LogP contribution < -0.4 is 15.5 Å². The zero-order valence-electron chi connectivity index (χ0n) is 30.1. The van der Waals surface area contributed by atoms with Gasteiger partial charge < -0.3 is 20.6 Å². The number of carbonyl (C=O) groups excluding carboxylic acids is 2. The summed E-state index contributed by atoms with van der Waals surface area (Å²) >= 11 is 0. The summed E-state index contributed by atoms with van der Waals surface area (Å²) in [5.74, 6) is -0.232. The van der Waals surface area contributed by atoms with E-state index < -0.39 is 27.7 Å². The maximum Gasteiger partial charge on any atom is 0.246 e. The first kappa shape index (κ1) is 37.4. The van der Waals surface area contributed by atoms with Crippen molar-refractivity contribution in [3.05, 3.63) is 52.3 Å². The number of nitrogens with one attached hydrogen (secondary N) is 2. The van der Waals surface area contributed by atoms with E-state index in [1.807, 2.05) is 52.8 Å². The first-order valence-electron chi connectivity index (χ1n) is 16.3. The SMILES string of the molecule is CCN(CCO)c1ccc(N=C2C(C(C)(C)C)=Nn3c2nnc3-c2c(C)cc(C)c(NC(=O)C(CCS(C)(=O)=O)NC(C)=O)c2C)c(C)c1. The smallest absolute Gasteiger partial charge is 0.246 e. The number of hydrogen-bond acceptors (Lipinski definition) is 10. The van der Waals surface area contributed by atoms with E-state index in [0.717, 1.165) is 57.7 Å². The topological polar surface area (TPSA) is 171 Å². The molecule has 3 aromatic rings. The molecule has 1 unspecified atom stereocenters. The Morgan fingerprint density at radius 1 is 1.04 bits per heavy atom. The highest BCUT2D eigenvalue weighted by Gasteiger charge is 2.36. The third-order valence-corrected chi connectivity index (χ3v) is 9.41. The van der Waals surface area contributed by atoms with Gasteiger partial charge in [-0.15, -0.1) is 10.2 Å². The molecule has 1 aliphatic heterocycles. The Kier molecular flexibility index (Phi) is 11.1. The molecule has 0 fully saturated rings. The molecule has 2 heterocycles. The number of aliphatic hydroxyl groups excluding tert-OH is 1. The number of fused-ring (bicyclic) bond motifs is 1. The Labute approximate surface area is 288 Å². The van der Waals surface area contributed by atoms with Crippen LogP contribution >= 0.6 is 0 Å². The molecular formula is C35H48N8O5S. The predicted octanol–water partition coefficient (Wildman–Crippen LogP) is 4.26. The monoisotopic (exact) mass is 692 g/mol. The van der Waals surface area contributed by atoms with Gasteiger partial charge in [0, 0.05) is 48.6 Å². The fourth-order valence-electron chi connectivity index (χ4n) is 5.99. The van der Waals surface area contributed by atoms with Crippen molar-refractivity contribution < 1.29 is 23.1 Å². The molecule has 14 heteroatoms. The van der Waals surface area contributed by atoms with Crippen LogP contribution in [-0.2, 0) is 19.4 Å². The van der Waals surface area contributed by atoms with E-state index in [2.05, 4.69) is 52.6 Å². The fraction of sp³-hybridized carbons (Fsp3) is 0.486. The van der Waals surface area contributed by atoms with Crippen molar-refractivity contribution in [1.82, 2.24) is 20.2 Å². The molecule has 2 aromatic carbocycles. The lowest BCUT2D eigenvalue weighted by atomic mass is 9.87. The molecule has 0 saturated carbocycles. The Balaban J connectivity index is 1.78. The minimum absolute atomic E-state index is 0.0626. The van der Waals surface area contributed by atoms with Crippen molar-refractivity contribution in [2.75, 3.05) is 41.9 Å². The van der Waals surface area contributed by atoms with Gasteiger partial charge in [-0.3, -0.25) is 9.59 Å². The van der Waals surface area contributed by atoms with E-state index >= 15 is 0 Å². The summed E-state index contributed by atoms with van der Waals surface area (Å²) in [4.78, 5) is 32.5. The van der Waals surface area contributed by atoms with Crippen molar-refractivity contribution in [1.29, 1.82) is 0 Å². The summed E-state index contributed by atoms with van der Waals surface area (Å²) < 4.78 is 25.4. The lowest BCUT2D eigenvalue weighted by molar-refractivity contribution is -0.125. The molecule has 0 spiro atoms. The zero-order chi connectivity index (χ0) is 36.4. The van der Waals surface area contributed by atoms with E-state index in [1.54, 1.807) is 4.68 Å². The van der Waals surface area contributed by atoms with Gasteiger partial charge in [0.05, 0.1) is 23.8 Å². The molecule has 1 aliphatic rings. The van der Waals surface area contributed by atoms with Crippen LogP contribution in [0.4, 0.5) is 17.1 Å². The number of hydrogen-bond donors (Lipinski definition) is 3. The predicted molar refractivity (Wildman–Crippen MR) is 195 cm³/mol. The average molecular weight is 693 g/mol. The number of likely N-dealkylation sites (N-methyl/N-ethyl adjacent to an activating group) is 1. The standard InChI is InChI=1S/C35H48N8O5S/c1-11-42(15-16-44)25-12-13-26(20(2)19-25)37-30-31(35(7,8)9)41-43-32(39-40-33(30)43)28-21(3)18-22(4)29(23(28)5)38-34(46)27(36-24(6)45)14-17-49(10,47)48/h12-13,18-19,27,44H,11,14-17H2,1-10H3,(H,36,45)(H,38,46). The molecule has 0 aliphatic carbocycles. The zero-order valence-corrected chi connectivity index (χ0v) is 30.9. The average Bonchev–Trinajstić information content (AvgIpc) is 3.57. The Bertz CT molecular complexity index is 1940. The highest BCUT2D eigenvalue weighted by Crippen LogP contribution is 2.37. The number of aliphatic hydroxyl groups is 1. The largest absolute Gasteiger partial charge is 0.395 e. The highest BCUT2D eigenvalue weighted by molar-refractivity contribution is 7.90. The number of aryl methyl sites for hydroxylation is 3. The molecular weight excluding hydrogens is 645 g/mol. The molecule has 1 aromatic heterocycles. The van der Waals surface area contributed by atoms with Crippen LogP contribution in [0.3, 0.4) is 0 Å². The van der Waals surface area contributed by atoms with Gasteiger partial charge in [0.25, 0.3) is 0 Å². The first-order valence-corrected chi connectivity index (χ1v) is 18.4.